The fourth-order valence-electron chi connectivity index (χ4n) is 2.35. The monoisotopic (exact) mass is 322 g/mol. The van der Waals surface area contributed by atoms with Crippen molar-refractivity contribution >= 4 is 22.4 Å². The molecule has 0 atom stereocenters. The van der Waals surface area contributed by atoms with E-state index in [1.165, 1.54) is 11.3 Å². The Morgan fingerprint density at radius 3 is 2.91 bits per heavy atom. The van der Waals surface area contributed by atoms with E-state index < -0.39 is 0 Å². The maximum Gasteiger partial charge on any atom is 0.350 e. The van der Waals surface area contributed by atoms with Crippen LogP contribution in [0.3, 0.4) is 0 Å². The van der Waals surface area contributed by atoms with Crippen LogP contribution in [0.25, 0.3) is 0 Å². The molecule has 22 heavy (non-hydrogen) atoms. The third-order valence-corrected chi connectivity index (χ3v) is 4.53. The molecule has 118 valence electrons. The van der Waals surface area contributed by atoms with Crippen molar-refractivity contribution in [3.05, 3.63) is 29.1 Å². The van der Waals surface area contributed by atoms with Gasteiger partial charge in [0.2, 0.25) is 0 Å². The van der Waals surface area contributed by atoms with Gasteiger partial charge < -0.3 is 14.2 Å². The van der Waals surface area contributed by atoms with Crippen molar-refractivity contribution in [2.45, 2.75) is 13.5 Å². The highest BCUT2D eigenvalue weighted by molar-refractivity contribution is 7.17. The van der Waals surface area contributed by atoms with Gasteiger partial charge >= 0.3 is 5.97 Å². The number of nitrogens with zero attached hydrogens (tertiary/aromatic N) is 4. The zero-order valence-corrected chi connectivity index (χ0v) is 13.2. The van der Waals surface area contributed by atoms with Gasteiger partial charge in [-0.2, -0.15) is 0 Å². The number of carbonyl (C=O) groups excluding carboxylic acids is 1. The number of esters is 1. The number of piperazine rings is 1. The van der Waals surface area contributed by atoms with Crippen molar-refractivity contribution in [1.82, 2.24) is 15.0 Å². The summed E-state index contributed by atoms with van der Waals surface area (Å²) in [6.45, 7) is 6.61. The molecule has 2 aromatic heterocycles. The van der Waals surface area contributed by atoms with Crippen LogP contribution in [0.4, 0.5) is 5.13 Å². The first kappa shape index (κ1) is 15.0. The minimum absolute atomic E-state index is 0.295. The fourth-order valence-corrected chi connectivity index (χ4v) is 3.21. The summed E-state index contributed by atoms with van der Waals surface area (Å²) >= 11 is 1.39. The summed E-state index contributed by atoms with van der Waals surface area (Å²) in [4.78, 5) is 21.1. The summed E-state index contributed by atoms with van der Waals surface area (Å²) < 4.78 is 9.85. The van der Waals surface area contributed by atoms with Gasteiger partial charge in [0.1, 0.15) is 11.1 Å². The number of thiazole rings is 1. The normalized spacial score (nSPS) is 16.0. The van der Waals surface area contributed by atoms with Gasteiger partial charge in [0.05, 0.1) is 18.5 Å². The molecule has 1 aliphatic heterocycles. The van der Waals surface area contributed by atoms with Gasteiger partial charge in [-0.05, 0) is 6.92 Å². The van der Waals surface area contributed by atoms with Crippen LogP contribution in [0.2, 0.25) is 0 Å². The lowest BCUT2D eigenvalue weighted by atomic mass is 10.3. The minimum Gasteiger partial charge on any atom is -0.462 e. The van der Waals surface area contributed by atoms with E-state index in [1.807, 2.05) is 6.07 Å². The topological polar surface area (TPSA) is 71.7 Å². The molecule has 0 N–H and O–H groups in total. The van der Waals surface area contributed by atoms with Gasteiger partial charge in [-0.25, -0.2) is 9.78 Å². The molecule has 0 aromatic carbocycles. The number of carbonyl (C=O) groups is 1. The molecule has 0 radical (unpaired) electrons. The van der Waals surface area contributed by atoms with E-state index in [0.717, 1.165) is 43.5 Å². The molecule has 0 spiro atoms. The van der Waals surface area contributed by atoms with E-state index in [0.29, 0.717) is 11.5 Å². The Balaban J connectivity index is 1.54. The molecule has 0 amide bonds. The fraction of sp³-hybridized carbons (Fsp3) is 0.500. The standard InChI is InChI=1S/C14H18N4O3S/c1-2-20-13(19)12-9-15-14(22-12)18-6-4-17(5-7-18)10-11-3-8-21-16-11/h3,8-9H,2,4-7,10H2,1H3. The Morgan fingerprint density at radius 2 is 2.23 bits per heavy atom. The average Bonchev–Trinajstić information content (AvgIpc) is 3.19. The molecular weight excluding hydrogens is 304 g/mol. The summed E-state index contributed by atoms with van der Waals surface area (Å²) in [5, 5.41) is 4.81. The summed E-state index contributed by atoms with van der Waals surface area (Å²) in [6.07, 6.45) is 3.19. The maximum absolute atomic E-state index is 11.7. The van der Waals surface area contributed by atoms with Crippen LogP contribution in [0.5, 0.6) is 0 Å². The molecule has 0 bridgehead atoms. The minimum atomic E-state index is -0.295. The predicted octanol–water partition coefficient (Wildman–Crippen LogP) is 1.63. The van der Waals surface area contributed by atoms with Crippen molar-refractivity contribution in [2.24, 2.45) is 0 Å². The van der Waals surface area contributed by atoms with Gasteiger partial charge in [0.15, 0.2) is 5.13 Å². The summed E-state index contributed by atoms with van der Waals surface area (Å²) in [6, 6.07) is 1.89. The molecular formula is C14H18N4O3S. The first-order chi connectivity index (χ1) is 10.8. The van der Waals surface area contributed by atoms with Crippen LogP contribution >= 0.6 is 11.3 Å². The van der Waals surface area contributed by atoms with Crippen molar-refractivity contribution < 1.29 is 14.1 Å². The second-order valence-corrected chi connectivity index (χ2v) is 5.99. The number of hydrogen-bond donors (Lipinski definition) is 0. The average molecular weight is 322 g/mol. The first-order valence-electron chi connectivity index (χ1n) is 7.25. The van der Waals surface area contributed by atoms with Gasteiger partial charge in [-0.3, -0.25) is 4.90 Å². The van der Waals surface area contributed by atoms with Gasteiger partial charge in [-0.1, -0.05) is 16.5 Å². The lowest BCUT2D eigenvalue weighted by Crippen LogP contribution is -2.45. The SMILES string of the molecule is CCOC(=O)c1cnc(N2CCN(Cc3ccon3)CC2)s1. The van der Waals surface area contributed by atoms with E-state index in [4.69, 9.17) is 9.26 Å². The Kier molecular flexibility index (Phi) is 4.69. The molecule has 2 aromatic rings. The number of rotatable bonds is 5. The highest BCUT2D eigenvalue weighted by atomic mass is 32.1. The molecule has 0 saturated carbocycles. The maximum atomic E-state index is 11.7. The summed E-state index contributed by atoms with van der Waals surface area (Å²) in [7, 11) is 0. The lowest BCUT2D eigenvalue weighted by molar-refractivity contribution is 0.0532. The molecule has 0 aliphatic carbocycles. The first-order valence-corrected chi connectivity index (χ1v) is 8.07. The van der Waals surface area contributed by atoms with E-state index in [9.17, 15) is 4.79 Å². The van der Waals surface area contributed by atoms with Crippen LogP contribution < -0.4 is 4.90 Å². The molecule has 1 saturated heterocycles. The molecule has 1 aliphatic rings. The predicted molar refractivity (Wildman–Crippen MR) is 82.1 cm³/mol. The number of anilines is 1. The van der Waals surface area contributed by atoms with Crippen LogP contribution in [-0.4, -0.2) is 53.8 Å². The second kappa shape index (κ2) is 6.89. The van der Waals surface area contributed by atoms with Gasteiger partial charge in [0, 0.05) is 38.8 Å². The zero-order chi connectivity index (χ0) is 15.4. The van der Waals surface area contributed by atoms with Crippen molar-refractivity contribution in [2.75, 3.05) is 37.7 Å². The smallest absolute Gasteiger partial charge is 0.350 e. The number of aromatic nitrogens is 2. The quantitative estimate of drug-likeness (QED) is 0.775. The zero-order valence-electron chi connectivity index (χ0n) is 12.4. The van der Waals surface area contributed by atoms with Crippen LogP contribution in [0, 0.1) is 0 Å². The van der Waals surface area contributed by atoms with Crippen LogP contribution in [0.15, 0.2) is 23.0 Å². The van der Waals surface area contributed by atoms with Crippen molar-refractivity contribution in [1.29, 1.82) is 0 Å². The number of ether oxygens (including phenoxy) is 1. The Bertz CT molecular complexity index is 605. The molecule has 3 heterocycles. The Hall–Kier alpha value is -1.93. The molecule has 7 nitrogen and oxygen atoms in total. The highest BCUT2D eigenvalue weighted by Gasteiger charge is 2.21. The van der Waals surface area contributed by atoms with E-state index in [-0.39, 0.29) is 5.97 Å². The van der Waals surface area contributed by atoms with Crippen LogP contribution in [0.1, 0.15) is 22.3 Å². The van der Waals surface area contributed by atoms with E-state index in [1.54, 1.807) is 19.4 Å². The Labute approximate surface area is 132 Å². The molecule has 3 rings (SSSR count). The lowest BCUT2D eigenvalue weighted by Gasteiger charge is -2.34. The molecule has 1 fully saturated rings. The largest absolute Gasteiger partial charge is 0.462 e. The highest BCUT2D eigenvalue weighted by Crippen LogP contribution is 2.24. The summed E-state index contributed by atoms with van der Waals surface area (Å²) in [5.41, 5.74) is 0.951. The van der Waals surface area contributed by atoms with Crippen molar-refractivity contribution in [3.63, 3.8) is 0 Å². The van der Waals surface area contributed by atoms with Gasteiger partial charge in [0.25, 0.3) is 0 Å². The van der Waals surface area contributed by atoms with Crippen LogP contribution in [-0.2, 0) is 11.3 Å². The van der Waals surface area contributed by atoms with E-state index >= 15 is 0 Å². The second-order valence-electron chi connectivity index (χ2n) is 4.98. The number of hydrogen-bond acceptors (Lipinski definition) is 8. The third kappa shape index (κ3) is 3.45. The van der Waals surface area contributed by atoms with Crippen molar-refractivity contribution in [3.8, 4) is 0 Å². The van der Waals surface area contributed by atoms with Gasteiger partial charge in [-0.15, -0.1) is 0 Å². The van der Waals surface area contributed by atoms with E-state index in [2.05, 4.69) is 19.9 Å². The summed E-state index contributed by atoms with van der Waals surface area (Å²) in [5.74, 6) is -0.295. The molecule has 8 heteroatoms. The Morgan fingerprint density at radius 1 is 1.41 bits per heavy atom. The third-order valence-electron chi connectivity index (χ3n) is 3.49. The molecule has 0 unspecified atom stereocenters.